The van der Waals surface area contributed by atoms with Crippen LogP contribution in [0.25, 0.3) is 0 Å². The third-order valence-corrected chi connectivity index (χ3v) is 6.59. The van der Waals surface area contributed by atoms with Crippen LogP contribution in [0.2, 0.25) is 0 Å². The fourth-order valence-corrected chi connectivity index (χ4v) is 4.74. The number of hydrogen-bond donors (Lipinski definition) is 1. The number of unbranched alkanes of at least 4 members (excludes halogenated alkanes) is 1. The summed E-state index contributed by atoms with van der Waals surface area (Å²) in [6.07, 6.45) is 9.19. The fourth-order valence-electron chi connectivity index (χ4n) is 4.11. The van der Waals surface area contributed by atoms with Crippen LogP contribution in [0, 0.1) is 11.8 Å². The molecular formula is C23H35NO5P2. The molecule has 1 aliphatic rings. The van der Waals surface area contributed by atoms with E-state index in [-0.39, 0.29) is 35.9 Å². The zero-order chi connectivity index (χ0) is 22.5. The molecule has 1 fully saturated rings. The van der Waals surface area contributed by atoms with Crippen LogP contribution in [0.4, 0.5) is 0 Å². The molecule has 0 heterocycles. The zero-order valence-corrected chi connectivity index (χ0v) is 20.5. The number of carbonyl (C=O) groups excluding carboxylic acids is 2. The monoisotopic (exact) mass is 467 g/mol. The summed E-state index contributed by atoms with van der Waals surface area (Å²) < 4.78 is 15.9. The predicted molar refractivity (Wildman–Crippen MR) is 128 cm³/mol. The molecule has 172 valence electrons. The molecule has 0 aromatic heterocycles. The van der Waals surface area contributed by atoms with Crippen molar-refractivity contribution in [1.82, 2.24) is 5.32 Å². The van der Waals surface area contributed by atoms with Gasteiger partial charge in [-0.05, 0) is 37.2 Å². The Kier molecular flexibility index (Phi) is 12.3. The van der Waals surface area contributed by atoms with Gasteiger partial charge in [-0.3, -0.25) is 9.59 Å². The molecule has 0 spiro atoms. The summed E-state index contributed by atoms with van der Waals surface area (Å²) in [7, 11) is 6.14. The SMILES string of the molecule is COC(=O)CCCC=CC[C@H]1C(OP)CC(OP)[C@@H]1CNC(=O)CCc1ccccc1. The Hall–Kier alpha value is -1.32. The maximum atomic E-state index is 12.4. The van der Waals surface area contributed by atoms with Gasteiger partial charge in [-0.25, -0.2) is 0 Å². The van der Waals surface area contributed by atoms with E-state index in [0.717, 1.165) is 37.7 Å². The highest BCUT2D eigenvalue weighted by molar-refractivity contribution is 7.10. The van der Waals surface area contributed by atoms with E-state index in [1.165, 1.54) is 7.11 Å². The minimum Gasteiger partial charge on any atom is -0.469 e. The molecule has 1 N–H and O–H groups in total. The van der Waals surface area contributed by atoms with Crippen molar-refractivity contribution in [2.24, 2.45) is 11.8 Å². The lowest BCUT2D eigenvalue weighted by Gasteiger charge is -2.25. The maximum absolute atomic E-state index is 12.4. The predicted octanol–water partition coefficient (Wildman–Crippen LogP) is 4.01. The van der Waals surface area contributed by atoms with Crippen molar-refractivity contribution in [3.63, 3.8) is 0 Å². The summed E-state index contributed by atoms with van der Waals surface area (Å²) in [4.78, 5) is 23.6. The van der Waals surface area contributed by atoms with Crippen molar-refractivity contribution < 1.29 is 23.4 Å². The standard InChI is InChI=1S/C23H35NO5P2/c1-27-23(26)12-8-3-2-7-11-18-19(21(29-31)15-20(18)28-30)16-24-22(25)14-13-17-9-5-4-6-10-17/h2,4-7,9-10,18-21H,3,8,11-16,30-31H2,1H3,(H,24,25)/t18-,19-,20?,21?/m1/s1. The quantitative estimate of drug-likeness (QED) is 0.205. The molecule has 1 saturated carbocycles. The van der Waals surface area contributed by atoms with Gasteiger partial charge in [0.05, 0.1) is 19.3 Å². The second-order valence-corrected chi connectivity index (χ2v) is 8.42. The van der Waals surface area contributed by atoms with Crippen LogP contribution in [0.1, 0.15) is 44.1 Å². The van der Waals surface area contributed by atoms with Crippen LogP contribution in [-0.2, 0) is 29.8 Å². The first-order valence-electron chi connectivity index (χ1n) is 10.8. The number of ether oxygens (including phenoxy) is 1. The lowest BCUT2D eigenvalue weighted by atomic mass is 9.90. The topological polar surface area (TPSA) is 73.9 Å². The zero-order valence-electron chi connectivity index (χ0n) is 18.2. The number of carbonyl (C=O) groups is 2. The van der Waals surface area contributed by atoms with Crippen LogP contribution >= 0.6 is 18.9 Å². The van der Waals surface area contributed by atoms with Crippen LogP contribution in [0.5, 0.6) is 0 Å². The number of amides is 1. The highest BCUT2D eigenvalue weighted by atomic mass is 31.0. The van der Waals surface area contributed by atoms with Gasteiger partial charge in [0, 0.05) is 50.7 Å². The molecule has 4 unspecified atom stereocenters. The van der Waals surface area contributed by atoms with Crippen LogP contribution in [-0.4, -0.2) is 37.7 Å². The van der Waals surface area contributed by atoms with Crippen molar-refractivity contribution in [3.8, 4) is 0 Å². The first-order valence-corrected chi connectivity index (χ1v) is 11.8. The van der Waals surface area contributed by atoms with E-state index in [1.54, 1.807) is 0 Å². The highest BCUT2D eigenvalue weighted by Crippen LogP contribution is 2.40. The number of allylic oxidation sites excluding steroid dienone is 2. The lowest BCUT2D eigenvalue weighted by molar-refractivity contribution is -0.140. The molecule has 2 rings (SSSR count). The molecular weight excluding hydrogens is 432 g/mol. The second-order valence-electron chi connectivity index (χ2n) is 7.88. The number of esters is 1. The van der Waals surface area contributed by atoms with E-state index in [2.05, 4.69) is 41.1 Å². The van der Waals surface area contributed by atoms with Gasteiger partial charge in [0.2, 0.25) is 5.91 Å². The van der Waals surface area contributed by atoms with Gasteiger partial charge in [-0.1, -0.05) is 42.5 Å². The summed E-state index contributed by atoms with van der Waals surface area (Å²) in [5.74, 6) is 0.292. The molecule has 1 amide bonds. The highest BCUT2D eigenvalue weighted by Gasteiger charge is 2.43. The Morgan fingerprint density at radius 1 is 1.06 bits per heavy atom. The third-order valence-electron chi connectivity index (χ3n) is 5.89. The van der Waals surface area contributed by atoms with E-state index < -0.39 is 0 Å². The number of nitrogens with one attached hydrogen (secondary N) is 1. The normalized spacial score (nSPS) is 23.2. The van der Waals surface area contributed by atoms with Gasteiger partial charge in [0.1, 0.15) is 0 Å². The number of benzene rings is 1. The molecule has 0 radical (unpaired) electrons. The molecule has 1 aliphatic carbocycles. The number of aryl methyl sites for hydroxylation is 1. The van der Waals surface area contributed by atoms with Gasteiger partial charge in [0.25, 0.3) is 0 Å². The number of hydrogen-bond acceptors (Lipinski definition) is 5. The largest absolute Gasteiger partial charge is 0.469 e. The Balaban J connectivity index is 1.83. The van der Waals surface area contributed by atoms with Crippen molar-refractivity contribution in [2.75, 3.05) is 13.7 Å². The van der Waals surface area contributed by atoms with E-state index in [4.69, 9.17) is 9.05 Å². The van der Waals surface area contributed by atoms with Gasteiger partial charge in [0.15, 0.2) is 0 Å². The van der Waals surface area contributed by atoms with E-state index in [9.17, 15) is 9.59 Å². The van der Waals surface area contributed by atoms with Crippen LogP contribution < -0.4 is 5.32 Å². The summed E-state index contributed by atoms with van der Waals surface area (Å²) in [6, 6.07) is 10.0. The Morgan fingerprint density at radius 3 is 2.45 bits per heavy atom. The summed E-state index contributed by atoms with van der Waals surface area (Å²) in [6.45, 7) is 0.568. The third kappa shape index (κ3) is 8.98. The summed E-state index contributed by atoms with van der Waals surface area (Å²) >= 11 is 0. The smallest absolute Gasteiger partial charge is 0.305 e. The maximum Gasteiger partial charge on any atom is 0.305 e. The molecule has 1 aromatic rings. The molecule has 6 nitrogen and oxygen atoms in total. The van der Waals surface area contributed by atoms with Crippen LogP contribution in [0.3, 0.4) is 0 Å². The molecule has 0 bridgehead atoms. The van der Waals surface area contributed by atoms with Gasteiger partial charge >= 0.3 is 5.97 Å². The Morgan fingerprint density at radius 2 is 1.77 bits per heavy atom. The molecule has 0 aliphatic heterocycles. The van der Waals surface area contributed by atoms with Crippen molar-refractivity contribution >= 4 is 30.8 Å². The summed E-state index contributed by atoms with van der Waals surface area (Å²) in [5.41, 5.74) is 1.16. The van der Waals surface area contributed by atoms with Gasteiger partial charge in [-0.15, -0.1) is 0 Å². The molecule has 31 heavy (non-hydrogen) atoms. The van der Waals surface area contributed by atoms with E-state index >= 15 is 0 Å². The molecule has 6 atom stereocenters. The first kappa shape index (κ1) is 25.9. The average Bonchev–Trinajstić information content (AvgIpc) is 3.15. The minimum absolute atomic E-state index is 0.0164. The molecule has 8 heteroatoms. The van der Waals surface area contributed by atoms with Crippen molar-refractivity contribution in [2.45, 2.75) is 57.2 Å². The second kappa shape index (κ2) is 14.7. The van der Waals surface area contributed by atoms with E-state index in [0.29, 0.717) is 19.4 Å². The minimum atomic E-state index is -0.177. The van der Waals surface area contributed by atoms with Crippen molar-refractivity contribution in [1.29, 1.82) is 0 Å². The van der Waals surface area contributed by atoms with Crippen LogP contribution in [0.15, 0.2) is 42.5 Å². The number of methoxy groups -OCH3 is 1. The fraction of sp³-hybridized carbons (Fsp3) is 0.565. The first-order chi connectivity index (χ1) is 15.1. The average molecular weight is 467 g/mol. The number of rotatable bonds is 13. The molecule has 0 saturated heterocycles. The van der Waals surface area contributed by atoms with Crippen molar-refractivity contribution in [3.05, 3.63) is 48.0 Å². The Bertz CT molecular complexity index is 700. The lowest BCUT2D eigenvalue weighted by Crippen LogP contribution is -2.36. The van der Waals surface area contributed by atoms with Gasteiger partial charge < -0.3 is 19.1 Å². The summed E-state index contributed by atoms with van der Waals surface area (Å²) in [5, 5.41) is 3.10. The van der Waals surface area contributed by atoms with E-state index in [1.807, 2.05) is 30.3 Å². The Labute approximate surface area is 190 Å². The van der Waals surface area contributed by atoms with Gasteiger partial charge in [-0.2, -0.15) is 0 Å². The molecule has 1 aromatic carbocycles.